The van der Waals surface area contributed by atoms with E-state index in [1.54, 1.807) is 11.0 Å². The highest BCUT2D eigenvalue weighted by Crippen LogP contribution is 2.21. The standard InChI is InChI=1S/C13H18N2O2S/c1-2-9-6-7-11(17-9)13(16)15-8-4-3-5-10(15)12(14)18/h6-7,10H,2-5,8H2,1H3,(H2,14,18). The summed E-state index contributed by atoms with van der Waals surface area (Å²) in [6, 6.07) is 3.44. The van der Waals surface area contributed by atoms with Gasteiger partial charge >= 0.3 is 0 Å². The van der Waals surface area contributed by atoms with Gasteiger partial charge in [-0.3, -0.25) is 4.79 Å². The SMILES string of the molecule is CCc1ccc(C(=O)N2CCCCC2C(N)=S)o1. The molecule has 1 saturated heterocycles. The summed E-state index contributed by atoms with van der Waals surface area (Å²) >= 11 is 5.04. The van der Waals surface area contributed by atoms with Crippen LogP contribution in [0, 0.1) is 0 Å². The predicted octanol–water partition coefficient (Wildman–Crippen LogP) is 2.12. The molecule has 1 fully saturated rings. The molecule has 5 heteroatoms. The maximum Gasteiger partial charge on any atom is 0.290 e. The van der Waals surface area contributed by atoms with Gasteiger partial charge in [0.25, 0.3) is 5.91 Å². The van der Waals surface area contributed by atoms with Gasteiger partial charge in [-0.2, -0.15) is 0 Å². The number of nitrogens with two attached hydrogens (primary N) is 1. The molecule has 4 nitrogen and oxygen atoms in total. The third-order valence-corrected chi connectivity index (χ3v) is 3.59. The van der Waals surface area contributed by atoms with E-state index in [0.717, 1.165) is 31.4 Å². The van der Waals surface area contributed by atoms with Crippen molar-refractivity contribution in [3.05, 3.63) is 23.7 Å². The molecule has 0 aliphatic carbocycles. The Morgan fingerprint density at radius 1 is 1.56 bits per heavy atom. The summed E-state index contributed by atoms with van der Waals surface area (Å²) in [7, 11) is 0. The van der Waals surface area contributed by atoms with Crippen LogP contribution in [0.3, 0.4) is 0 Å². The van der Waals surface area contributed by atoms with Gasteiger partial charge in [0.15, 0.2) is 5.76 Å². The van der Waals surface area contributed by atoms with Gasteiger partial charge in [0.05, 0.1) is 11.0 Å². The maximum atomic E-state index is 12.4. The van der Waals surface area contributed by atoms with Crippen LogP contribution in [-0.2, 0) is 6.42 Å². The molecule has 0 spiro atoms. The van der Waals surface area contributed by atoms with E-state index in [2.05, 4.69) is 0 Å². The first kappa shape index (κ1) is 13.1. The third kappa shape index (κ3) is 2.56. The van der Waals surface area contributed by atoms with E-state index in [0.29, 0.717) is 17.3 Å². The highest BCUT2D eigenvalue weighted by Gasteiger charge is 2.30. The maximum absolute atomic E-state index is 12.4. The Kier molecular flexibility index (Phi) is 4.01. The smallest absolute Gasteiger partial charge is 0.290 e. The van der Waals surface area contributed by atoms with Gasteiger partial charge in [0.1, 0.15) is 5.76 Å². The number of nitrogens with zero attached hydrogens (tertiary/aromatic N) is 1. The quantitative estimate of drug-likeness (QED) is 0.851. The molecular weight excluding hydrogens is 248 g/mol. The van der Waals surface area contributed by atoms with Gasteiger partial charge in [-0.25, -0.2) is 0 Å². The van der Waals surface area contributed by atoms with E-state index in [-0.39, 0.29) is 11.9 Å². The molecular formula is C13H18N2O2S. The fourth-order valence-electron chi connectivity index (χ4n) is 2.29. The van der Waals surface area contributed by atoms with Crippen molar-refractivity contribution < 1.29 is 9.21 Å². The number of amides is 1. The number of hydrogen-bond donors (Lipinski definition) is 1. The number of carbonyl (C=O) groups is 1. The van der Waals surface area contributed by atoms with Gasteiger partial charge in [-0.05, 0) is 31.4 Å². The van der Waals surface area contributed by atoms with Crippen LogP contribution < -0.4 is 5.73 Å². The van der Waals surface area contributed by atoms with Crippen LogP contribution in [0.15, 0.2) is 16.5 Å². The molecule has 2 rings (SSSR count). The van der Waals surface area contributed by atoms with Crippen LogP contribution in [-0.4, -0.2) is 28.4 Å². The first-order valence-corrected chi connectivity index (χ1v) is 6.73. The number of piperidine rings is 1. The molecule has 0 radical (unpaired) electrons. The second-order valence-corrected chi connectivity index (χ2v) is 5.00. The zero-order valence-electron chi connectivity index (χ0n) is 10.5. The Morgan fingerprint density at radius 3 is 2.94 bits per heavy atom. The van der Waals surface area contributed by atoms with Crippen LogP contribution in [0.1, 0.15) is 42.5 Å². The summed E-state index contributed by atoms with van der Waals surface area (Å²) < 4.78 is 5.50. The van der Waals surface area contributed by atoms with Gasteiger partial charge in [0.2, 0.25) is 0 Å². The van der Waals surface area contributed by atoms with Crippen LogP contribution in [0.2, 0.25) is 0 Å². The van der Waals surface area contributed by atoms with E-state index < -0.39 is 0 Å². The fourth-order valence-corrected chi connectivity index (χ4v) is 2.54. The minimum atomic E-state index is -0.128. The molecule has 18 heavy (non-hydrogen) atoms. The van der Waals surface area contributed by atoms with Crippen LogP contribution in [0.5, 0.6) is 0 Å². The number of rotatable bonds is 3. The molecule has 2 N–H and O–H groups in total. The molecule has 1 aliphatic heterocycles. The van der Waals surface area contributed by atoms with Crippen molar-refractivity contribution in [3.63, 3.8) is 0 Å². The second kappa shape index (κ2) is 5.52. The molecule has 1 unspecified atom stereocenters. The molecule has 1 aromatic rings. The molecule has 1 aliphatic rings. The number of hydrogen-bond acceptors (Lipinski definition) is 3. The highest BCUT2D eigenvalue weighted by molar-refractivity contribution is 7.80. The molecule has 98 valence electrons. The average molecular weight is 266 g/mol. The number of carbonyl (C=O) groups excluding carboxylic acids is 1. The lowest BCUT2D eigenvalue weighted by atomic mass is 10.0. The summed E-state index contributed by atoms with van der Waals surface area (Å²) in [6.07, 6.45) is 3.69. The minimum Gasteiger partial charge on any atom is -0.456 e. The highest BCUT2D eigenvalue weighted by atomic mass is 32.1. The summed E-state index contributed by atoms with van der Waals surface area (Å²) in [5.41, 5.74) is 5.71. The minimum absolute atomic E-state index is 0.104. The van der Waals surface area contributed by atoms with E-state index in [1.807, 2.05) is 13.0 Å². The topological polar surface area (TPSA) is 59.5 Å². The zero-order chi connectivity index (χ0) is 13.1. The predicted molar refractivity (Wildman–Crippen MR) is 73.5 cm³/mol. The Labute approximate surface area is 112 Å². The van der Waals surface area contributed by atoms with Crippen molar-refractivity contribution in [1.29, 1.82) is 0 Å². The van der Waals surface area contributed by atoms with Crippen molar-refractivity contribution in [2.24, 2.45) is 5.73 Å². The van der Waals surface area contributed by atoms with Crippen LogP contribution in [0.4, 0.5) is 0 Å². The molecule has 1 aromatic heterocycles. The number of likely N-dealkylation sites (tertiary alicyclic amines) is 1. The summed E-state index contributed by atoms with van der Waals surface area (Å²) in [4.78, 5) is 14.5. The number of furan rings is 1. The van der Waals surface area contributed by atoms with E-state index in [1.165, 1.54) is 0 Å². The molecule has 0 aromatic carbocycles. The largest absolute Gasteiger partial charge is 0.456 e. The third-order valence-electron chi connectivity index (χ3n) is 3.31. The first-order valence-electron chi connectivity index (χ1n) is 6.32. The number of thiocarbonyl (C=S) groups is 1. The van der Waals surface area contributed by atoms with E-state index in [9.17, 15) is 4.79 Å². The van der Waals surface area contributed by atoms with Gasteiger partial charge < -0.3 is 15.1 Å². The number of aryl methyl sites for hydroxylation is 1. The summed E-state index contributed by atoms with van der Waals surface area (Å²) in [6.45, 7) is 2.69. The molecule has 1 atom stereocenters. The van der Waals surface area contributed by atoms with Gasteiger partial charge in [-0.15, -0.1) is 0 Å². The zero-order valence-corrected chi connectivity index (χ0v) is 11.3. The molecule has 0 bridgehead atoms. The molecule has 1 amide bonds. The lowest BCUT2D eigenvalue weighted by molar-refractivity contribution is 0.0647. The Morgan fingerprint density at radius 2 is 2.33 bits per heavy atom. The summed E-state index contributed by atoms with van der Waals surface area (Å²) in [5, 5.41) is 0. The van der Waals surface area contributed by atoms with E-state index in [4.69, 9.17) is 22.4 Å². The normalized spacial score (nSPS) is 19.8. The van der Waals surface area contributed by atoms with Crippen LogP contribution >= 0.6 is 12.2 Å². The lowest BCUT2D eigenvalue weighted by Crippen LogP contribution is -2.49. The van der Waals surface area contributed by atoms with Crippen LogP contribution in [0.25, 0.3) is 0 Å². The van der Waals surface area contributed by atoms with Gasteiger partial charge in [-0.1, -0.05) is 19.1 Å². The van der Waals surface area contributed by atoms with E-state index >= 15 is 0 Å². The van der Waals surface area contributed by atoms with Crippen molar-refractivity contribution in [2.75, 3.05) is 6.54 Å². The lowest BCUT2D eigenvalue weighted by Gasteiger charge is -2.34. The fraction of sp³-hybridized carbons (Fsp3) is 0.538. The first-order chi connectivity index (χ1) is 8.63. The molecule has 0 saturated carbocycles. The van der Waals surface area contributed by atoms with Crippen molar-refractivity contribution in [3.8, 4) is 0 Å². The van der Waals surface area contributed by atoms with Crippen molar-refractivity contribution in [2.45, 2.75) is 38.6 Å². The van der Waals surface area contributed by atoms with Gasteiger partial charge in [0, 0.05) is 13.0 Å². The Hall–Kier alpha value is -1.36. The Balaban J connectivity index is 2.17. The average Bonchev–Trinajstić information content (AvgIpc) is 2.86. The second-order valence-electron chi connectivity index (χ2n) is 4.53. The Bertz CT molecular complexity index is 456. The van der Waals surface area contributed by atoms with Crippen molar-refractivity contribution >= 4 is 23.1 Å². The molecule has 2 heterocycles. The van der Waals surface area contributed by atoms with Crippen molar-refractivity contribution in [1.82, 2.24) is 4.90 Å². The summed E-state index contributed by atoms with van der Waals surface area (Å²) in [5.74, 6) is 1.10. The monoisotopic (exact) mass is 266 g/mol.